The molecule has 0 unspecified atom stereocenters. The van der Waals surface area contributed by atoms with Crippen molar-refractivity contribution in [3.63, 3.8) is 0 Å². The fraction of sp³-hybridized carbons (Fsp3) is 0.818. The molecule has 1 atom stereocenters. The molecular weight excluding hydrogens is 220 g/mol. The molecular formula is C11H24N4O2. The first-order chi connectivity index (χ1) is 8.06. The van der Waals surface area contributed by atoms with Crippen LogP contribution >= 0.6 is 0 Å². The highest BCUT2D eigenvalue weighted by Gasteiger charge is 2.14. The van der Waals surface area contributed by atoms with Gasteiger partial charge in [0, 0.05) is 19.6 Å². The zero-order valence-electron chi connectivity index (χ0n) is 10.9. The number of guanidine groups is 1. The van der Waals surface area contributed by atoms with Crippen LogP contribution < -0.4 is 11.1 Å². The van der Waals surface area contributed by atoms with Gasteiger partial charge in [0.25, 0.3) is 0 Å². The van der Waals surface area contributed by atoms with Crippen LogP contribution in [0.4, 0.5) is 0 Å². The van der Waals surface area contributed by atoms with Crippen LogP contribution in [0, 0.1) is 0 Å². The third kappa shape index (κ3) is 6.11. The topological polar surface area (TPSA) is 91.0 Å². The lowest BCUT2D eigenvalue weighted by Crippen LogP contribution is -2.39. The van der Waals surface area contributed by atoms with E-state index >= 15 is 0 Å². The molecule has 6 nitrogen and oxygen atoms in total. The molecule has 0 aromatic rings. The van der Waals surface area contributed by atoms with E-state index in [4.69, 9.17) is 10.8 Å². The Balaban J connectivity index is 4.07. The molecule has 0 amide bonds. The average molecular weight is 244 g/mol. The standard InChI is InChI=1S/C11H24N4O2/c1-4-14-11(12)15(5-2)8-6-7-9(13-3)10(16)17/h9,13H,4-8H2,1-3H3,(H2,12,14)(H,16,17)/t9-/m0/s1. The Morgan fingerprint density at radius 3 is 2.59 bits per heavy atom. The van der Waals surface area contributed by atoms with Gasteiger partial charge in [-0.05, 0) is 33.7 Å². The minimum Gasteiger partial charge on any atom is -0.480 e. The summed E-state index contributed by atoms with van der Waals surface area (Å²) in [6.07, 6.45) is 1.35. The van der Waals surface area contributed by atoms with Crippen molar-refractivity contribution in [1.29, 1.82) is 0 Å². The second-order valence-electron chi connectivity index (χ2n) is 3.73. The highest BCUT2D eigenvalue weighted by molar-refractivity contribution is 5.78. The number of nitrogens with zero attached hydrogens (tertiary/aromatic N) is 2. The van der Waals surface area contributed by atoms with Crippen molar-refractivity contribution >= 4 is 11.9 Å². The molecule has 0 radical (unpaired) electrons. The molecule has 0 fully saturated rings. The van der Waals surface area contributed by atoms with Crippen LogP contribution in [0.1, 0.15) is 26.7 Å². The molecule has 0 rings (SSSR count). The van der Waals surface area contributed by atoms with E-state index < -0.39 is 12.0 Å². The maximum atomic E-state index is 10.8. The zero-order chi connectivity index (χ0) is 13.3. The Bertz CT molecular complexity index is 256. The highest BCUT2D eigenvalue weighted by atomic mass is 16.4. The SMILES string of the molecule is CCN=C(N)N(CC)CCC[C@H](NC)C(=O)O. The normalized spacial score (nSPS) is 13.5. The summed E-state index contributed by atoms with van der Waals surface area (Å²) in [6.45, 7) is 6.12. The highest BCUT2D eigenvalue weighted by Crippen LogP contribution is 2.00. The number of rotatable bonds is 8. The Morgan fingerprint density at radius 1 is 1.53 bits per heavy atom. The quantitative estimate of drug-likeness (QED) is 0.416. The molecule has 0 aliphatic heterocycles. The second kappa shape index (κ2) is 8.81. The van der Waals surface area contributed by atoms with Crippen LogP contribution in [-0.2, 0) is 4.79 Å². The summed E-state index contributed by atoms with van der Waals surface area (Å²) >= 11 is 0. The van der Waals surface area contributed by atoms with Gasteiger partial charge in [0.15, 0.2) is 5.96 Å². The minimum atomic E-state index is -0.814. The molecule has 17 heavy (non-hydrogen) atoms. The van der Waals surface area contributed by atoms with Gasteiger partial charge >= 0.3 is 5.97 Å². The van der Waals surface area contributed by atoms with E-state index in [1.54, 1.807) is 7.05 Å². The van der Waals surface area contributed by atoms with E-state index in [1.807, 2.05) is 18.7 Å². The predicted molar refractivity (Wildman–Crippen MR) is 69.1 cm³/mol. The van der Waals surface area contributed by atoms with Gasteiger partial charge in [0.05, 0.1) is 0 Å². The number of aliphatic imine (C=N–C) groups is 1. The first-order valence-corrected chi connectivity index (χ1v) is 6.01. The van der Waals surface area contributed by atoms with Crippen LogP contribution in [0.2, 0.25) is 0 Å². The molecule has 0 bridgehead atoms. The van der Waals surface area contributed by atoms with Crippen LogP contribution in [0.25, 0.3) is 0 Å². The van der Waals surface area contributed by atoms with Crippen LogP contribution in [0.5, 0.6) is 0 Å². The van der Waals surface area contributed by atoms with Gasteiger partial charge in [-0.15, -0.1) is 0 Å². The molecule has 6 heteroatoms. The Kier molecular flexibility index (Phi) is 8.13. The Hall–Kier alpha value is -1.30. The number of hydrogen-bond donors (Lipinski definition) is 3. The lowest BCUT2D eigenvalue weighted by atomic mass is 10.1. The van der Waals surface area contributed by atoms with Crippen molar-refractivity contribution in [3.05, 3.63) is 0 Å². The third-order valence-electron chi connectivity index (χ3n) is 2.59. The molecule has 0 spiro atoms. The van der Waals surface area contributed by atoms with Gasteiger partial charge in [0.1, 0.15) is 6.04 Å². The number of carboxylic acid groups (broad SMARTS) is 1. The minimum absolute atomic E-state index is 0.488. The third-order valence-corrected chi connectivity index (χ3v) is 2.59. The number of nitrogens with one attached hydrogen (secondary N) is 1. The van der Waals surface area contributed by atoms with E-state index in [2.05, 4.69) is 10.3 Å². The summed E-state index contributed by atoms with van der Waals surface area (Å²) in [6, 6.07) is -0.488. The first kappa shape index (κ1) is 15.7. The van der Waals surface area contributed by atoms with Gasteiger partial charge in [-0.2, -0.15) is 0 Å². The van der Waals surface area contributed by atoms with Crippen LogP contribution in [0.15, 0.2) is 4.99 Å². The fourth-order valence-corrected chi connectivity index (χ4v) is 1.57. The van der Waals surface area contributed by atoms with Gasteiger partial charge in [-0.3, -0.25) is 9.79 Å². The number of carbonyl (C=O) groups is 1. The lowest BCUT2D eigenvalue weighted by Gasteiger charge is -2.22. The van der Waals surface area contributed by atoms with Gasteiger partial charge in [-0.25, -0.2) is 0 Å². The molecule has 4 N–H and O–H groups in total. The molecule has 0 saturated carbocycles. The lowest BCUT2D eigenvalue weighted by molar-refractivity contribution is -0.139. The van der Waals surface area contributed by atoms with Crippen molar-refractivity contribution in [2.24, 2.45) is 10.7 Å². The van der Waals surface area contributed by atoms with E-state index in [9.17, 15) is 4.79 Å². The number of nitrogens with two attached hydrogens (primary N) is 1. The average Bonchev–Trinajstić information content (AvgIpc) is 2.29. The van der Waals surface area contributed by atoms with E-state index in [1.165, 1.54) is 0 Å². The van der Waals surface area contributed by atoms with Crippen LogP contribution in [-0.4, -0.2) is 54.7 Å². The monoisotopic (exact) mass is 244 g/mol. The first-order valence-electron chi connectivity index (χ1n) is 6.01. The fourth-order valence-electron chi connectivity index (χ4n) is 1.57. The smallest absolute Gasteiger partial charge is 0.320 e. The Labute approximate surface area is 103 Å². The van der Waals surface area contributed by atoms with Crippen molar-refractivity contribution in [2.45, 2.75) is 32.7 Å². The van der Waals surface area contributed by atoms with Crippen molar-refractivity contribution in [2.75, 3.05) is 26.7 Å². The number of carboxylic acids is 1. The molecule has 0 aliphatic carbocycles. The summed E-state index contributed by atoms with van der Waals surface area (Å²) in [5, 5.41) is 11.6. The van der Waals surface area contributed by atoms with Crippen molar-refractivity contribution < 1.29 is 9.90 Å². The maximum Gasteiger partial charge on any atom is 0.320 e. The van der Waals surface area contributed by atoms with E-state index in [0.717, 1.165) is 19.5 Å². The summed E-state index contributed by atoms with van der Waals surface area (Å²) in [7, 11) is 1.66. The summed E-state index contributed by atoms with van der Waals surface area (Å²) in [5.74, 6) is -0.280. The van der Waals surface area contributed by atoms with E-state index in [0.29, 0.717) is 18.9 Å². The number of hydrogen-bond acceptors (Lipinski definition) is 3. The molecule has 0 aromatic carbocycles. The number of aliphatic carboxylic acids is 1. The summed E-state index contributed by atoms with van der Waals surface area (Å²) in [5.41, 5.74) is 5.79. The van der Waals surface area contributed by atoms with Crippen molar-refractivity contribution in [3.8, 4) is 0 Å². The molecule has 0 aliphatic rings. The Morgan fingerprint density at radius 2 is 2.18 bits per heavy atom. The zero-order valence-corrected chi connectivity index (χ0v) is 10.9. The van der Waals surface area contributed by atoms with Crippen molar-refractivity contribution in [1.82, 2.24) is 10.2 Å². The second-order valence-corrected chi connectivity index (χ2v) is 3.73. The predicted octanol–water partition coefficient (Wildman–Crippen LogP) is 0.0957. The molecule has 0 heterocycles. The molecule has 0 saturated heterocycles. The molecule has 100 valence electrons. The van der Waals surface area contributed by atoms with Crippen LogP contribution in [0.3, 0.4) is 0 Å². The van der Waals surface area contributed by atoms with Gasteiger partial charge in [0.2, 0.25) is 0 Å². The molecule has 0 aromatic heterocycles. The summed E-state index contributed by atoms with van der Waals surface area (Å²) < 4.78 is 0. The maximum absolute atomic E-state index is 10.8. The largest absolute Gasteiger partial charge is 0.480 e. The van der Waals surface area contributed by atoms with E-state index in [-0.39, 0.29) is 0 Å². The van der Waals surface area contributed by atoms with Gasteiger partial charge < -0.3 is 21.1 Å². The summed E-state index contributed by atoms with van der Waals surface area (Å²) in [4.78, 5) is 16.9. The van der Waals surface area contributed by atoms with Gasteiger partial charge in [-0.1, -0.05) is 0 Å². The number of likely N-dealkylation sites (N-methyl/N-ethyl adjacent to an activating group) is 1.